The highest BCUT2D eigenvalue weighted by Gasteiger charge is 2.26. The Labute approximate surface area is 102 Å². The Kier molecular flexibility index (Phi) is 2.52. The fourth-order valence-corrected chi connectivity index (χ4v) is 1.89. The highest BCUT2D eigenvalue weighted by atomic mass is 16.2. The van der Waals surface area contributed by atoms with Gasteiger partial charge in [0, 0.05) is 13.0 Å². The number of rotatable bonds is 2. The quantitative estimate of drug-likeness (QED) is 0.601. The molecule has 0 aliphatic carbocycles. The number of nitrogens with zero attached hydrogens (tertiary/aromatic N) is 5. The molecule has 9 heteroatoms. The number of aryl methyl sites for hydroxylation is 1. The molecule has 0 saturated heterocycles. The van der Waals surface area contributed by atoms with Crippen molar-refractivity contribution < 1.29 is 4.79 Å². The van der Waals surface area contributed by atoms with E-state index in [-0.39, 0.29) is 17.9 Å². The molecule has 9 nitrogen and oxygen atoms in total. The highest BCUT2D eigenvalue weighted by molar-refractivity contribution is 5.93. The molecule has 0 fully saturated rings. The maximum Gasteiger partial charge on any atom is 0.270 e. The van der Waals surface area contributed by atoms with Gasteiger partial charge in [0.1, 0.15) is 0 Å². The van der Waals surface area contributed by atoms with E-state index >= 15 is 0 Å². The van der Waals surface area contributed by atoms with Gasteiger partial charge in [-0.15, -0.1) is 5.10 Å². The molecule has 1 amide bonds. The van der Waals surface area contributed by atoms with Gasteiger partial charge in [-0.3, -0.25) is 15.4 Å². The average molecular weight is 248 g/mol. The van der Waals surface area contributed by atoms with Gasteiger partial charge in [-0.1, -0.05) is 5.10 Å². The van der Waals surface area contributed by atoms with Crippen molar-refractivity contribution in [3.8, 4) is 0 Å². The van der Waals surface area contributed by atoms with Gasteiger partial charge in [0.25, 0.3) is 5.95 Å². The Hall–Kier alpha value is -2.29. The van der Waals surface area contributed by atoms with Crippen LogP contribution < -0.4 is 10.6 Å². The van der Waals surface area contributed by atoms with Gasteiger partial charge in [0.05, 0.1) is 30.8 Å². The van der Waals surface area contributed by atoms with Crippen molar-refractivity contribution in [1.82, 2.24) is 35.5 Å². The molecule has 1 aliphatic heterocycles. The molecule has 3 heterocycles. The summed E-state index contributed by atoms with van der Waals surface area (Å²) in [4.78, 5) is 20.5. The first-order chi connectivity index (χ1) is 8.72. The number of amides is 1. The van der Waals surface area contributed by atoms with Gasteiger partial charge in [-0.25, -0.2) is 4.98 Å². The van der Waals surface area contributed by atoms with E-state index in [0.29, 0.717) is 13.0 Å². The van der Waals surface area contributed by atoms with Crippen LogP contribution in [0.15, 0.2) is 6.33 Å². The van der Waals surface area contributed by atoms with Crippen LogP contribution in [-0.4, -0.2) is 42.1 Å². The van der Waals surface area contributed by atoms with Crippen LogP contribution in [0.2, 0.25) is 0 Å². The summed E-state index contributed by atoms with van der Waals surface area (Å²) >= 11 is 0. The highest BCUT2D eigenvalue weighted by Crippen LogP contribution is 2.12. The predicted octanol–water partition coefficient (Wildman–Crippen LogP) is -1.41. The molecule has 1 aliphatic rings. The zero-order chi connectivity index (χ0) is 12.5. The van der Waals surface area contributed by atoms with E-state index in [1.807, 2.05) is 0 Å². The fourth-order valence-electron chi connectivity index (χ4n) is 1.89. The summed E-state index contributed by atoms with van der Waals surface area (Å²) in [5, 5.41) is 17.0. The minimum absolute atomic E-state index is 0.184. The molecule has 3 N–H and O–H groups in total. The summed E-state index contributed by atoms with van der Waals surface area (Å²) in [7, 11) is 1.64. The molecular weight excluding hydrogens is 236 g/mol. The number of aromatic nitrogens is 6. The summed E-state index contributed by atoms with van der Waals surface area (Å²) in [6, 6.07) is -0.329. The Morgan fingerprint density at radius 1 is 1.61 bits per heavy atom. The number of hydrogen-bond donors (Lipinski definition) is 3. The average Bonchev–Trinajstić information content (AvgIpc) is 2.96. The van der Waals surface area contributed by atoms with Crippen molar-refractivity contribution in [2.24, 2.45) is 7.05 Å². The van der Waals surface area contributed by atoms with Crippen molar-refractivity contribution >= 4 is 11.9 Å². The summed E-state index contributed by atoms with van der Waals surface area (Å²) in [6.45, 7) is 0.599. The SMILES string of the molecule is Cn1nnc(NC(=O)C2Cc3nc[nH]c3CN2)n1. The van der Waals surface area contributed by atoms with Crippen LogP contribution >= 0.6 is 0 Å². The molecule has 3 rings (SSSR count). The van der Waals surface area contributed by atoms with E-state index in [2.05, 4.69) is 36.0 Å². The van der Waals surface area contributed by atoms with Crippen molar-refractivity contribution in [1.29, 1.82) is 0 Å². The van der Waals surface area contributed by atoms with Crippen molar-refractivity contribution in [2.45, 2.75) is 19.0 Å². The number of carbonyl (C=O) groups excluding carboxylic acids is 1. The van der Waals surface area contributed by atoms with Crippen LogP contribution in [0, 0.1) is 0 Å². The Morgan fingerprint density at radius 3 is 3.28 bits per heavy atom. The molecule has 0 saturated carbocycles. The van der Waals surface area contributed by atoms with Crippen LogP contribution in [0.25, 0.3) is 0 Å². The number of H-pyrrole nitrogens is 1. The number of imidazole rings is 1. The van der Waals surface area contributed by atoms with Gasteiger partial charge in [0.15, 0.2) is 0 Å². The van der Waals surface area contributed by atoms with Crippen molar-refractivity contribution in [3.63, 3.8) is 0 Å². The van der Waals surface area contributed by atoms with Crippen LogP contribution in [-0.2, 0) is 24.8 Å². The Morgan fingerprint density at radius 2 is 2.50 bits per heavy atom. The number of carbonyl (C=O) groups is 1. The van der Waals surface area contributed by atoms with Gasteiger partial charge < -0.3 is 4.98 Å². The van der Waals surface area contributed by atoms with Gasteiger partial charge in [0.2, 0.25) is 5.91 Å². The third kappa shape index (κ3) is 1.95. The summed E-state index contributed by atoms with van der Waals surface area (Å²) in [5.74, 6) is 0.0220. The molecular formula is C9H12N8O. The number of fused-ring (bicyclic) bond motifs is 1. The fraction of sp³-hybridized carbons (Fsp3) is 0.444. The number of aromatic amines is 1. The zero-order valence-electron chi connectivity index (χ0n) is 9.71. The van der Waals surface area contributed by atoms with Crippen LogP contribution in [0.5, 0.6) is 0 Å². The van der Waals surface area contributed by atoms with Gasteiger partial charge in [-0.2, -0.15) is 4.80 Å². The zero-order valence-corrected chi connectivity index (χ0v) is 9.71. The Balaban J connectivity index is 1.67. The van der Waals surface area contributed by atoms with E-state index in [4.69, 9.17) is 0 Å². The molecule has 0 radical (unpaired) electrons. The summed E-state index contributed by atoms with van der Waals surface area (Å²) in [5.41, 5.74) is 1.94. The summed E-state index contributed by atoms with van der Waals surface area (Å²) < 4.78 is 0. The molecule has 2 aromatic heterocycles. The second kappa shape index (κ2) is 4.18. The van der Waals surface area contributed by atoms with Crippen LogP contribution in [0.1, 0.15) is 11.4 Å². The maximum absolute atomic E-state index is 12.0. The molecule has 0 bridgehead atoms. The second-order valence-corrected chi connectivity index (χ2v) is 4.06. The van der Waals surface area contributed by atoms with Crippen molar-refractivity contribution in [2.75, 3.05) is 5.32 Å². The topological polar surface area (TPSA) is 113 Å². The minimum atomic E-state index is -0.329. The van der Waals surface area contributed by atoms with Gasteiger partial charge >= 0.3 is 0 Å². The molecule has 0 spiro atoms. The largest absolute Gasteiger partial charge is 0.347 e. The van der Waals surface area contributed by atoms with E-state index in [9.17, 15) is 4.79 Å². The molecule has 1 atom stereocenters. The number of tetrazole rings is 1. The lowest BCUT2D eigenvalue weighted by Gasteiger charge is -2.21. The number of anilines is 1. The first-order valence-electron chi connectivity index (χ1n) is 5.52. The van der Waals surface area contributed by atoms with E-state index in [1.54, 1.807) is 13.4 Å². The lowest BCUT2D eigenvalue weighted by atomic mass is 10.1. The normalized spacial score (nSPS) is 18.4. The number of nitrogens with one attached hydrogen (secondary N) is 3. The minimum Gasteiger partial charge on any atom is -0.347 e. The van der Waals surface area contributed by atoms with Crippen LogP contribution in [0.4, 0.5) is 5.95 Å². The standard InChI is InChI=1S/C9H12N8O/c1-17-15-9(14-16-17)13-8(18)6-2-5-7(3-10-6)12-4-11-5/h4,6,10H,2-3H2,1H3,(H,11,12)(H,13,15,18). The first kappa shape index (κ1) is 10.8. The van der Waals surface area contributed by atoms with E-state index < -0.39 is 0 Å². The lowest BCUT2D eigenvalue weighted by Crippen LogP contribution is -2.45. The van der Waals surface area contributed by atoms with Crippen molar-refractivity contribution in [3.05, 3.63) is 17.7 Å². The third-order valence-corrected chi connectivity index (χ3v) is 2.79. The van der Waals surface area contributed by atoms with Gasteiger partial charge in [-0.05, 0) is 5.21 Å². The molecule has 0 aromatic carbocycles. The molecule has 1 unspecified atom stereocenters. The molecule has 2 aromatic rings. The summed E-state index contributed by atoms with van der Waals surface area (Å²) in [6.07, 6.45) is 2.18. The van der Waals surface area contributed by atoms with E-state index in [1.165, 1.54) is 4.80 Å². The maximum atomic E-state index is 12.0. The molecule has 94 valence electrons. The third-order valence-electron chi connectivity index (χ3n) is 2.79. The number of hydrogen-bond acceptors (Lipinski definition) is 6. The van der Waals surface area contributed by atoms with Crippen LogP contribution in [0.3, 0.4) is 0 Å². The predicted molar refractivity (Wildman–Crippen MR) is 60.3 cm³/mol. The second-order valence-electron chi connectivity index (χ2n) is 4.06. The molecule has 18 heavy (non-hydrogen) atoms. The smallest absolute Gasteiger partial charge is 0.270 e. The van der Waals surface area contributed by atoms with E-state index in [0.717, 1.165) is 11.4 Å². The lowest BCUT2D eigenvalue weighted by molar-refractivity contribution is -0.118. The monoisotopic (exact) mass is 248 g/mol. The Bertz CT molecular complexity index is 573. The first-order valence-corrected chi connectivity index (χ1v) is 5.52.